The first-order chi connectivity index (χ1) is 11.0. The van der Waals surface area contributed by atoms with Crippen molar-refractivity contribution in [2.45, 2.75) is 37.1 Å². The molecule has 1 aliphatic heterocycles. The summed E-state index contributed by atoms with van der Waals surface area (Å²) in [5, 5.41) is 0.414. The third-order valence-corrected chi connectivity index (χ3v) is 6.36. The Bertz CT molecular complexity index is 773. The van der Waals surface area contributed by atoms with Crippen molar-refractivity contribution >= 4 is 21.6 Å². The molecule has 2 heterocycles. The molecule has 1 fully saturated rings. The van der Waals surface area contributed by atoms with Gasteiger partial charge < -0.3 is 0 Å². The summed E-state index contributed by atoms with van der Waals surface area (Å²) in [6, 6.07) is 10.4. The Morgan fingerprint density at radius 2 is 1.87 bits per heavy atom. The van der Waals surface area contributed by atoms with Crippen molar-refractivity contribution in [3.63, 3.8) is 0 Å². The Balaban J connectivity index is 1.97. The van der Waals surface area contributed by atoms with Crippen molar-refractivity contribution in [3.8, 4) is 0 Å². The van der Waals surface area contributed by atoms with E-state index in [4.69, 9.17) is 11.6 Å². The molecule has 3 rings (SSSR count). The lowest BCUT2D eigenvalue weighted by molar-refractivity contribution is 0.255. The quantitative estimate of drug-likeness (QED) is 0.787. The zero-order valence-electron chi connectivity index (χ0n) is 12.9. The molecule has 23 heavy (non-hydrogen) atoms. The van der Waals surface area contributed by atoms with Crippen LogP contribution in [0.1, 0.15) is 36.4 Å². The highest BCUT2D eigenvalue weighted by Gasteiger charge is 2.34. The van der Waals surface area contributed by atoms with Crippen LogP contribution in [0.25, 0.3) is 0 Å². The molecule has 1 saturated heterocycles. The zero-order valence-corrected chi connectivity index (χ0v) is 14.5. The van der Waals surface area contributed by atoms with Gasteiger partial charge in [-0.25, -0.2) is 13.4 Å². The summed E-state index contributed by atoms with van der Waals surface area (Å²) in [5.74, 6) is 0. The van der Waals surface area contributed by atoms with Crippen molar-refractivity contribution in [1.29, 1.82) is 0 Å². The van der Waals surface area contributed by atoms with Crippen molar-refractivity contribution in [1.82, 2.24) is 9.29 Å². The summed E-state index contributed by atoms with van der Waals surface area (Å²) in [7, 11) is -3.51. The summed E-state index contributed by atoms with van der Waals surface area (Å²) < 4.78 is 27.7. The second kappa shape index (κ2) is 6.59. The largest absolute Gasteiger partial charge is 0.244 e. The van der Waals surface area contributed by atoms with Gasteiger partial charge in [-0.3, -0.25) is 0 Å². The van der Waals surface area contributed by atoms with E-state index in [1.54, 1.807) is 28.7 Å². The molecule has 0 amide bonds. The van der Waals surface area contributed by atoms with Crippen LogP contribution in [0.4, 0.5) is 0 Å². The topological polar surface area (TPSA) is 50.3 Å². The molecule has 1 aromatic carbocycles. The van der Waals surface area contributed by atoms with Gasteiger partial charge in [0.2, 0.25) is 10.0 Å². The first-order valence-corrected chi connectivity index (χ1v) is 9.50. The van der Waals surface area contributed by atoms with E-state index in [2.05, 4.69) is 4.98 Å². The lowest BCUT2D eigenvalue weighted by Crippen LogP contribution is -2.38. The number of aromatic nitrogens is 1. The average Bonchev–Trinajstić information content (AvgIpc) is 2.56. The van der Waals surface area contributed by atoms with E-state index in [0.717, 1.165) is 30.4 Å². The van der Waals surface area contributed by atoms with Crippen LogP contribution < -0.4 is 0 Å². The van der Waals surface area contributed by atoms with Gasteiger partial charge in [0, 0.05) is 12.7 Å². The van der Waals surface area contributed by atoms with Crippen LogP contribution in [0.5, 0.6) is 0 Å². The second-order valence-electron chi connectivity index (χ2n) is 5.85. The van der Waals surface area contributed by atoms with Gasteiger partial charge in [0.05, 0.1) is 10.9 Å². The standard InChI is InChI=1S/C17H19ClN2O2S/c1-13-5-8-15(9-6-13)23(21,22)20-11-3-2-4-16(20)14-7-10-17(18)19-12-14/h5-10,12,16H,2-4,11H2,1H3/t16-/m1/s1. The van der Waals surface area contributed by atoms with Crippen molar-refractivity contribution < 1.29 is 8.42 Å². The summed E-state index contributed by atoms with van der Waals surface area (Å²) in [6.07, 6.45) is 4.36. The molecular weight excluding hydrogens is 332 g/mol. The van der Waals surface area contributed by atoms with Crippen LogP contribution in [-0.2, 0) is 10.0 Å². The highest BCUT2D eigenvalue weighted by atomic mass is 35.5. The van der Waals surface area contributed by atoms with Crippen LogP contribution >= 0.6 is 11.6 Å². The van der Waals surface area contributed by atoms with Crippen LogP contribution in [0.3, 0.4) is 0 Å². The number of nitrogens with zero attached hydrogens (tertiary/aromatic N) is 2. The van der Waals surface area contributed by atoms with Crippen LogP contribution in [0.2, 0.25) is 5.15 Å². The average molecular weight is 351 g/mol. The number of hydrogen-bond donors (Lipinski definition) is 0. The number of halogens is 1. The maximum atomic E-state index is 13.0. The molecular formula is C17H19ClN2O2S. The fraction of sp³-hybridized carbons (Fsp3) is 0.353. The number of piperidine rings is 1. The zero-order chi connectivity index (χ0) is 16.4. The molecule has 0 spiro atoms. The van der Waals surface area contributed by atoms with Crippen molar-refractivity contribution in [2.75, 3.05) is 6.54 Å². The molecule has 4 nitrogen and oxygen atoms in total. The minimum absolute atomic E-state index is 0.181. The Morgan fingerprint density at radius 1 is 1.13 bits per heavy atom. The van der Waals surface area contributed by atoms with E-state index >= 15 is 0 Å². The molecule has 2 aromatic rings. The minimum atomic E-state index is -3.51. The molecule has 0 aliphatic carbocycles. The smallest absolute Gasteiger partial charge is 0.243 e. The third kappa shape index (κ3) is 3.42. The number of hydrogen-bond acceptors (Lipinski definition) is 3. The van der Waals surface area contributed by atoms with Gasteiger partial charge in [-0.05, 0) is 43.5 Å². The number of rotatable bonds is 3. The van der Waals surface area contributed by atoms with Crippen LogP contribution in [-0.4, -0.2) is 24.3 Å². The van der Waals surface area contributed by atoms with E-state index in [1.165, 1.54) is 0 Å². The monoisotopic (exact) mass is 350 g/mol. The molecule has 1 atom stereocenters. The highest BCUT2D eigenvalue weighted by molar-refractivity contribution is 7.89. The predicted molar refractivity (Wildman–Crippen MR) is 90.9 cm³/mol. The highest BCUT2D eigenvalue weighted by Crippen LogP contribution is 2.35. The lowest BCUT2D eigenvalue weighted by Gasteiger charge is -2.34. The molecule has 6 heteroatoms. The summed E-state index contributed by atoms with van der Waals surface area (Å²) in [6.45, 7) is 2.48. The third-order valence-electron chi connectivity index (χ3n) is 4.22. The normalized spacial score (nSPS) is 19.7. The number of pyridine rings is 1. The van der Waals surface area contributed by atoms with E-state index in [9.17, 15) is 8.42 Å². The Labute approximate surface area is 142 Å². The SMILES string of the molecule is Cc1ccc(S(=O)(=O)N2CCCC[C@@H]2c2ccc(Cl)nc2)cc1. The summed E-state index contributed by atoms with van der Waals surface area (Å²) >= 11 is 5.84. The number of aryl methyl sites for hydroxylation is 1. The van der Waals surface area contributed by atoms with E-state index < -0.39 is 10.0 Å². The molecule has 1 aromatic heterocycles. The molecule has 122 valence electrons. The van der Waals surface area contributed by atoms with E-state index in [-0.39, 0.29) is 6.04 Å². The van der Waals surface area contributed by atoms with Crippen LogP contribution in [0, 0.1) is 6.92 Å². The fourth-order valence-electron chi connectivity index (χ4n) is 2.96. The maximum absolute atomic E-state index is 13.0. The number of sulfonamides is 1. The van der Waals surface area contributed by atoms with Gasteiger partial charge in [0.15, 0.2) is 0 Å². The van der Waals surface area contributed by atoms with Crippen LogP contribution in [0.15, 0.2) is 47.5 Å². The minimum Gasteiger partial charge on any atom is -0.244 e. The van der Waals surface area contributed by atoms with Gasteiger partial charge >= 0.3 is 0 Å². The van der Waals surface area contributed by atoms with Crippen molar-refractivity contribution in [3.05, 3.63) is 58.9 Å². The Kier molecular flexibility index (Phi) is 4.71. The number of benzene rings is 1. The van der Waals surface area contributed by atoms with Gasteiger partial charge in [-0.2, -0.15) is 4.31 Å². The van der Waals surface area contributed by atoms with E-state index in [1.807, 2.05) is 25.1 Å². The molecule has 0 radical (unpaired) electrons. The van der Waals surface area contributed by atoms with Gasteiger partial charge in [-0.1, -0.05) is 41.8 Å². The predicted octanol–water partition coefficient (Wildman–Crippen LogP) is 3.96. The molecule has 0 unspecified atom stereocenters. The van der Waals surface area contributed by atoms with Crippen molar-refractivity contribution in [2.24, 2.45) is 0 Å². The second-order valence-corrected chi connectivity index (χ2v) is 8.13. The van der Waals surface area contributed by atoms with Gasteiger partial charge in [0.1, 0.15) is 5.15 Å². The van der Waals surface area contributed by atoms with Gasteiger partial charge in [0.25, 0.3) is 0 Å². The molecule has 0 N–H and O–H groups in total. The molecule has 0 bridgehead atoms. The maximum Gasteiger partial charge on any atom is 0.243 e. The molecule has 1 aliphatic rings. The summed E-state index contributed by atoms with van der Waals surface area (Å²) in [5.41, 5.74) is 1.94. The first-order valence-electron chi connectivity index (χ1n) is 7.68. The van der Waals surface area contributed by atoms with Gasteiger partial charge in [-0.15, -0.1) is 0 Å². The fourth-order valence-corrected chi connectivity index (χ4v) is 4.75. The van der Waals surface area contributed by atoms with E-state index in [0.29, 0.717) is 16.6 Å². The Morgan fingerprint density at radius 3 is 2.52 bits per heavy atom. The lowest BCUT2D eigenvalue weighted by atomic mass is 9.99. The first kappa shape index (κ1) is 16.4. The summed E-state index contributed by atoms with van der Waals surface area (Å²) in [4.78, 5) is 4.44. The molecule has 0 saturated carbocycles. The Hall–Kier alpha value is -1.43.